The summed E-state index contributed by atoms with van der Waals surface area (Å²) in [5, 5.41) is 2.12. The van der Waals surface area contributed by atoms with Crippen LogP contribution in [0.5, 0.6) is 0 Å². The molecule has 4 nitrogen and oxygen atoms in total. The van der Waals surface area contributed by atoms with Crippen LogP contribution in [0.4, 0.5) is 0 Å². The van der Waals surface area contributed by atoms with Gasteiger partial charge in [-0.05, 0) is 54.8 Å². The third kappa shape index (κ3) is 4.46. The average molecular weight is 427 g/mol. The number of carbonyl (C=O) groups excluding carboxylic acids is 2. The Hall–Kier alpha value is -2.14. The number of fused-ring (bicyclic) bond motifs is 1. The molecule has 0 fully saturated rings. The van der Waals surface area contributed by atoms with Crippen molar-refractivity contribution in [1.82, 2.24) is 9.80 Å². The zero-order chi connectivity index (χ0) is 22.1. The summed E-state index contributed by atoms with van der Waals surface area (Å²) in [7, 11) is 0. The van der Waals surface area contributed by atoms with Crippen molar-refractivity contribution >= 4 is 23.2 Å². The monoisotopic (exact) mass is 426 g/mol. The second-order valence-electron chi connectivity index (χ2n) is 9.34. The van der Waals surface area contributed by atoms with Crippen LogP contribution in [0, 0.1) is 12.3 Å². The van der Waals surface area contributed by atoms with E-state index in [1.165, 1.54) is 21.6 Å². The molecule has 0 unspecified atom stereocenters. The van der Waals surface area contributed by atoms with E-state index < -0.39 is 5.41 Å². The lowest BCUT2D eigenvalue weighted by molar-refractivity contribution is -0.148. The van der Waals surface area contributed by atoms with Crippen molar-refractivity contribution in [2.45, 2.75) is 66.5 Å². The molecule has 0 N–H and O–H groups in total. The maximum atomic E-state index is 13.6. The smallest absolute Gasteiger partial charge is 0.243 e. The Morgan fingerprint density at radius 1 is 1.20 bits per heavy atom. The van der Waals surface area contributed by atoms with E-state index in [1.807, 2.05) is 44.7 Å². The first-order valence-corrected chi connectivity index (χ1v) is 11.8. The van der Waals surface area contributed by atoms with E-state index in [2.05, 4.69) is 37.4 Å². The molecule has 2 aromatic rings. The summed E-state index contributed by atoms with van der Waals surface area (Å²) < 4.78 is 0. The topological polar surface area (TPSA) is 40.6 Å². The fourth-order valence-corrected chi connectivity index (χ4v) is 5.03. The molecule has 0 radical (unpaired) electrons. The SMILES string of the molecule is CC[C@@H](C)N(CC(=O)N1CCc2sccc2[C@@H]1c1ccccc1C)C(=O)C(C)(C)C. The highest BCUT2D eigenvalue weighted by molar-refractivity contribution is 7.10. The highest BCUT2D eigenvalue weighted by Gasteiger charge is 2.37. The van der Waals surface area contributed by atoms with Gasteiger partial charge in [-0.1, -0.05) is 52.0 Å². The van der Waals surface area contributed by atoms with Crippen LogP contribution < -0.4 is 0 Å². The minimum atomic E-state index is -0.512. The van der Waals surface area contributed by atoms with Gasteiger partial charge in [-0.2, -0.15) is 0 Å². The highest BCUT2D eigenvalue weighted by atomic mass is 32.1. The fraction of sp³-hybridized carbons (Fsp3) is 0.520. The highest BCUT2D eigenvalue weighted by Crippen LogP contribution is 2.39. The van der Waals surface area contributed by atoms with Gasteiger partial charge in [-0.3, -0.25) is 9.59 Å². The van der Waals surface area contributed by atoms with Crippen LogP contribution in [-0.4, -0.2) is 40.7 Å². The molecule has 30 heavy (non-hydrogen) atoms. The van der Waals surface area contributed by atoms with Crippen LogP contribution in [-0.2, 0) is 16.0 Å². The van der Waals surface area contributed by atoms with Crippen molar-refractivity contribution in [3.63, 3.8) is 0 Å². The molecular weight excluding hydrogens is 392 g/mol. The Morgan fingerprint density at radius 3 is 2.53 bits per heavy atom. The van der Waals surface area contributed by atoms with Gasteiger partial charge in [0.1, 0.15) is 6.54 Å². The van der Waals surface area contributed by atoms with Gasteiger partial charge in [0.15, 0.2) is 0 Å². The first-order valence-electron chi connectivity index (χ1n) is 10.9. The molecule has 1 aromatic heterocycles. The lowest BCUT2D eigenvalue weighted by atomic mass is 9.90. The second-order valence-corrected chi connectivity index (χ2v) is 10.3. The van der Waals surface area contributed by atoms with Gasteiger partial charge in [-0.15, -0.1) is 11.3 Å². The van der Waals surface area contributed by atoms with Crippen molar-refractivity contribution in [3.8, 4) is 0 Å². The van der Waals surface area contributed by atoms with Crippen molar-refractivity contribution in [2.24, 2.45) is 5.41 Å². The summed E-state index contributed by atoms with van der Waals surface area (Å²) in [6.07, 6.45) is 1.70. The number of thiophene rings is 1. The van der Waals surface area contributed by atoms with Crippen LogP contribution >= 0.6 is 11.3 Å². The first-order chi connectivity index (χ1) is 14.1. The minimum Gasteiger partial charge on any atom is -0.330 e. The Bertz CT molecular complexity index is 912. The van der Waals surface area contributed by atoms with Crippen molar-refractivity contribution in [3.05, 3.63) is 57.3 Å². The van der Waals surface area contributed by atoms with E-state index in [9.17, 15) is 9.59 Å². The number of benzene rings is 1. The van der Waals surface area contributed by atoms with Crippen LogP contribution in [0.25, 0.3) is 0 Å². The van der Waals surface area contributed by atoms with Crippen molar-refractivity contribution in [2.75, 3.05) is 13.1 Å². The zero-order valence-corrected chi connectivity index (χ0v) is 19.9. The van der Waals surface area contributed by atoms with Crippen LogP contribution in [0.15, 0.2) is 35.7 Å². The van der Waals surface area contributed by atoms with E-state index in [4.69, 9.17) is 0 Å². The normalized spacial score (nSPS) is 17.4. The predicted molar refractivity (Wildman–Crippen MR) is 124 cm³/mol. The third-order valence-corrected chi connectivity index (χ3v) is 7.10. The molecule has 3 rings (SSSR count). The number of nitrogens with zero attached hydrogens (tertiary/aromatic N) is 2. The quantitative estimate of drug-likeness (QED) is 0.659. The molecule has 0 spiro atoms. The van der Waals surface area contributed by atoms with Crippen molar-refractivity contribution < 1.29 is 9.59 Å². The fourth-order valence-electron chi connectivity index (χ4n) is 4.13. The van der Waals surface area contributed by atoms with Gasteiger partial charge in [0.05, 0.1) is 6.04 Å². The van der Waals surface area contributed by atoms with E-state index in [0.717, 1.165) is 12.8 Å². The number of hydrogen-bond acceptors (Lipinski definition) is 3. The molecule has 2 amide bonds. The maximum absolute atomic E-state index is 13.6. The second kappa shape index (κ2) is 8.93. The summed E-state index contributed by atoms with van der Waals surface area (Å²) in [5.41, 5.74) is 3.07. The third-order valence-electron chi connectivity index (χ3n) is 6.10. The largest absolute Gasteiger partial charge is 0.330 e. The van der Waals surface area contributed by atoms with E-state index >= 15 is 0 Å². The Balaban J connectivity index is 1.95. The van der Waals surface area contributed by atoms with Gasteiger partial charge in [0, 0.05) is 22.9 Å². The van der Waals surface area contributed by atoms with E-state index in [1.54, 1.807) is 16.2 Å². The molecule has 0 bridgehead atoms. The molecule has 5 heteroatoms. The number of rotatable bonds is 5. The zero-order valence-electron chi connectivity index (χ0n) is 19.1. The summed E-state index contributed by atoms with van der Waals surface area (Å²) in [6, 6.07) is 10.4. The van der Waals surface area contributed by atoms with Crippen LogP contribution in [0.2, 0.25) is 0 Å². The summed E-state index contributed by atoms with van der Waals surface area (Å²) in [4.78, 5) is 31.9. The number of aryl methyl sites for hydroxylation is 1. The van der Waals surface area contributed by atoms with Gasteiger partial charge in [0.25, 0.3) is 0 Å². The Kier molecular flexibility index (Phi) is 6.71. The number of hydrogen-bond donors (Lipinski definition) is 0. The number of amides is 2. The molecule has 1 aliphatic heterocycles. The molecule has 0 saturated heterocycles. The average Bonchev–Trinajstić information content (AvgIpc) is 3.18. The molecule has 2 heterocycles. The molecular formula is C25H34N2O2S. The van der Waals surface area contributed by atoms with Gasteiger partial charge >= 0.3 is 0 Å². The lowest BCUT2D eigenvalue weighted by Crippen LogP contribution is -2.51. The van der Waals surface area contributed by atoms with Gasteiger partial charge in [0.2, 0.25) is 11.8 Å². The van der Waals surface area contributed by atoms with Gasteiger partial charge < -0.3 is 9.80 Å². The van der Waals surface area contributed by atoms with Gasteiger partial charge in [-0.25, -0.2) is 0 Å². The molecule has 0 saturated carbocycles. The molecule has 1 aliphatic rings. The predicted octanol–water partition coefficient (Wildman–Crippen LogP) is 5.20. The lowest BCUT2D eigenvalue weighted by Gasteiger charge is -2.40. The standard InChI is InChI=1S/C25H34N2O2S/c1-7-18(3)27(24(29)25(4,5)6)16-22(28)26-14-12-21-20(13-15-30-21)23(26)19-11-9-8-10-17(19)2/h8-11,13,15,18,23H,7,12,14,16H2,1-6H3/t18-,23+/m1/s1. The molecule has 0 aliphatic carbocycles. The summed E-state index contributed by atoms with van der Waals surface area (Å²) in [5.74, 6) is 0.0591. The van der Waals surface area contributed by atoms with Crippen molar-refractivity contribution in [1.29, 1.82) is 0 Å². The van der Waals surface area contributed by atoms with E-state index in [-0.39, 0.29) is 30.4 Å². The summed E-state index contributed by atoms with van der Waals surface area (Å²) in [6.45, 7) is 12.8. The minimum absolute atomic E-state index is 0.0259. The van der Waals surface area contributed by atoms with Crippen LogP contribution in [0.1, 0.15) is 68.6 Å². The summed E-state index contributed by atoms with van der Waals surface area (Å²) >= 11 is 1.77. The molecule has 1 aromatic carbocycles. The first kappa shape index (κ1) is 22.5. The Labute approximate surface area is 184 Å². The van der Waals surface area contributed by atoms with Crippen LogP contribution in [0.3, 0.4) is 0 Å². The molecule has 162 valence electrons. The number of carbonyl (C=O) groups is 2. The Morgan fingerprint density at radius 2 is 1.90 bits per heavy atom. The van der Waals surface area contributed by atoms with E-state index in [0.29, 0.717) is 6.54 Å². The molecule has 2 atom stereocenters. The maximum Gasteiger partial charge on any atom is 0.243 e.